The van der Waals surface area contributed by atoms with Crippen molar-refractivity contribution in [3.63, 3.8) is 0 Å². The molecule has 0 N–H and O–H groups in total. The maximum absolute atomic E-state index is 11.0. The third-order valence-corrected chi connectivity index (χ3v) is 5.08. The molecule has 2 aromatic heterocycles. The van der Waals surface area contributed by atoms with E-state index >= 15 is 0 Å². The second kappa shape index (κ2) is 6.88. The molecular weight excluding hydrogens is 326 g/mol. The molecule has 1 saturated heterocycles. The van der Waals surface area contributed by atoms with Crippen LogP contribution in [0.25, 0.3) is 16.9 Å². The standard InChI is InChI=1S/C20H23N5O/c1-15(2)23-9-11-24(12-10-23)18-6-3-16(4-7-18)19-13-21-20-8-5-17(14-26)22-25(19)20/h3-8,13-15H,9-12H2,1-2H3. The van der Waals surface area contributed by atoms with Crippen LogP contribution < -0.4 is 4.90 Å². The van der Waals surface area contributed by atoms with Crippen LogP contribution in [-0.4, -0.2) is 58.0 Å². The zero-order valence-corrected chi connectivity index (χ0v) is 15.2. The Bertz CT molecular complexity index is 908. The molecule has 0 aliphatic carbocycles. The third kappa shape index (κ3) is 3.08. The summed E-state index contributed by atoms with van der Waals surface area (Å²) in [6, 6.07) is 12.6. The average molecular weight is 349 g/mol. The Balaban J connectivity index is 1.56. The predicted octanol–water partition coefficient (Wildman–Crippen LogP) is 2.74. The van der Waals surface area contributed by atoms with E-state index in [1.54, 1.807) is 16.8 Å². The molecule has 0 amide bonds. The minimum atomic E-state index is 0.399. The molecule has 0 saturated carbocycles. The summed E-state index contributed by atoms with van der Waals surface area (Å²) in [5, 5.41) is 4.34. The molecule has 0 atom stereocenters. The van der Waals surface area contributed by atoms with Crippen molar-refractivity contribution in [3.8, 4) is 11.3 Å². The highest BCUT2D eigenvalue weighted by Gasteiger charge is 2.19. The monoisotopic (exact) mass is 349 g/mol. The first-order valence-corrected chi connectivity index (χ1v) is 9.05. The van der Waals surface area contributed by atoms with Crippen molar-refractivity contribution < 1.29 is 4.79 Å². The van der Waals surface area contributed by atoms with Gasteiger partial charge in [0.25, 0.3) is 0 Å². The quantitative estimate of drug-likeness (QED) is 0.678. The predicted molar refractivity (Wildman–Crippen MR) is 103 cm³/mol. The zero-order chi connectivity index (χ0) is 18.1. The summed E-state index contributed by atoms with van der Waals surface area (Å²) < 4.78 is 1.72. The van der Waals surface area contributed by atoms with E-state index in [1.807, 2.05) is 6.07 Å². The summed E-state index contributed by atoms with van der Waals surface area (Å²) >= 11 is 0. The lowest BCUT2D eigenvalue weighted by Gasteiger charge is -2.38. The number of fused-ring (bicyclic) bond motifs is 1. The molecule has 1 aliphatic heterocycles. The Morgan fingerprint density at radius 2 is 1.73 bits per heavy atom. The van der Waals surface area contributed by atoms with Gasteiger partial charge in [-0.2, -0.15) is 5.10 Å². The number of aromatic nitrogens is 3. The van der Waals surface area contributed by atoms with Gasteiger partial charge in [0.05, 0.1) is 11.9 Å². The highest BCUT2D eigenvalue weighted by atomic mass is 16.1. The molecule has 134 valence electrons. The van der Waals surface area contributed by atoms with Gasteiger partial charge in [0.15, 0.2) is 11.9 Å². The Morgan fingerprint density at radius 1 is 1.00 bits per heavy atom. The van der Waals surface area contributed by atoms with Gasteiger partial charge in [-0.25, -0.2) is 9.50 Å². The first-order valence-electron chi connectivity index (χ1n) is 9.05. The maximum atomic E-state index is 11.0. The molecule has 1 fully saturated rings. The van der Waals surface area contributed by atoms with Crippen LogP contribution in [0.3, 0.4) is 0 Å². The SMILES string of the molecule is CC(C)N1CCN(c2ccc(-c3cnc4ccc(C=O)nn34)cc2)CC1. The fraction of sp³-hybridized carbons (Fsp3) is 0.350. The van der Waals surface area contributed by atoms with Crippen LogP contribution >= 0.6 is 0 Å². The Labute approximate surface area is 153 Å². The number of aldehydes is 1. The lowest BCUT2D eigenvalue weighted by atomic mass is 10.1. The minimum absolute atomic E-state index is 0.399. The molecule has 0 radical (unpaired) electrons. The zero-order valence-electron chi connectivity index (χ0n) is 15.2. The summed E-state index contributed by atoms with van der Waals surface area (Å²) in [5.74, 6) is 0. The summed E-state index contributed by atoms with van der Waals surface area (Å²) in [6.07, 6.45) is 2.55. The second-order valence-corrected chi connectivity index (χ2v) is 6.95. The van der Waals surface area contributed by atoms with Gasteiger partial charge in [0.1, 0.15) is 5.69 Å². The fourth-order valence-electron chi connectivity index (χ4n) is 3.49. The number of imidazole rings is 1. The van der Waals surface area contributed by atoms with E-state index in [-0.39, 0.29) is 0 Å². The largest absolute Gasteiger partial charge is 0.369 e. The van der Waals surface area contributed by atoms with Crippen LogP contribution in [0.1, 0.15) is 24.3 Å². The van der Waals surface area contributed by atoms with Gasteiger partial charge in [-0.1, -0.05) is 12.1 Å². The molecule has 0 unspecified atom stereocenters. The second-order valence-electron chi connectivity index (χ2n) is 6.95. The van der Waals surface area contributed by atoms with Crippen LogP contribution in [0.15, 0.2) is 42.6 Å². The van der Waals surface area contributed by atoms with Crippen molar-refractivity contribution in [1.29, 1.82) is 0 Å². The molecule has 6 nitrogen and oxygen atoms in total. The minimum Gasteiger partial charge on any atom is -0.369 e. The number of hydrogen-bond donors (Lipinski definition) is 0. The number of benzene rings is 1. The Morgan fingerprint density at radius 3 is 2.38 bits per heavy atom. The summed E-state index contributed by atoms with van der Waals surface area (Å²) in [7, 11) is 0. The number of piperazine rings is 1. The number of rotatable bonds is 4. The molecule has 6 heteroatoms. The van der Waals surface area contributed by atoms with E-state index in [9.17, 15) is 4.79 Å². The highest BCUT2D eigenvalue weighted by Crippen LogP contribution is 2.24. The molecule has 0 bridgehead atoms. The first kappa shape index (κ1) is 16.7. The van der Waals surface area contributed by atoms with Gasteiger partial charge in [-0.15, -0.1) is 0 Å². The maximum Gasteiger partial charge on any atom is 0.170 e. The smallest absolute Gasteiger partial charge is 0.170 e. The molecule has 3 aromatic rings. The normalized spacial score (nSPS) is 15.7. The van der Waals surface area contributed by atoms with E-state index in [0.717, 1.165) is 49.4 Å². The molecule has 1 aromatic carbocycles. The molecule has 26 heavy (non-hydrogen) atoms. The molecule has 4 rings (SSSR count). The van der Waals surface area contributed by atoms with Crippen LogP contribution in [0.2, 0.25) is 0 Å². The summed E-state index contributed by atoms with van der Waals surface area (Å²) in [4.78, 5) is 20.3. The number of anilines is 1. The molecule has 0 spiro atoms. The van der Waals surface area contributed by atoms with Crippen molar-refractivity contribution in [2.75, 3.05) is 31.1 Å². The number of nitrogens with zero attached hydrogens (tertiary/aromatic N) is 5. The van der Waals surface area contributed by atoms with E-state index in [2.05, 4.69) is 58.0 Å². The average Bonchev–Trinajstić information content (AvgIpc) is 3.11. The van der Waals surface area contributed by atoms with Crippen molar-refractivity contribution in [2.45, 2.75) is 19.9 Å². The molecule has 1 aliphatic rings. The van der Waals surface area contributed by atoms with Crippen molar-refractivity contribution >= 4 is 17.6 Å². The fourth-order valence-corrected chi connectivity index (χ4v) is 3.49. The van der Waals surface area contributed by atoms with Crippen molar-refractivity contribution in [1.82, 2.24) is 19.5 Å². The van der Waals surface area contributed by atoms with E-state index < -0.39 is 0 Å². The van der Waals surface area contributed by atoms with Gasteiger partial charge in [-0.05, 0) is 38.1 Å². The Kier molecular flexibility index (Phi) is 4.42. The van der Waals surface area contributed by atoms with Crippen molar-refractivity contribution in [2.24, 2.45) is 0 Å². The van der Waals surface area contributed by atoms with E-state index in [4.69, 9.17) is 0 Å². The first-order chi connectivity index (χ1) is 12.7. The lowest BCUT2D eigenvalue weighted by molar-refractivity contribution is 0.111. The topological polar surface area (TPSA) is 53.7 Å². The van der Waals surface area contributed by atoms with Gasteiger partial charge in [0, 0.05) is 43.5 Å². The van der Waals surface area contributed by atoms with Crippen LogP contribution in [0.5, 0.6) is 0 Å². The van der Waals surface area contributed by atoms with Gasteiger partial charge < -0.3 is 4.90 Å². The number of hydrogen-bond acceptors (Lipinski definition) is 5. The van der Waals surface area contributed by atoms with E-state index in [1.165, 1.54) is 5.69 Å². The lowest BCUT2D eigenvalue weighted by Crippen LogP contribution is -2.48. The summed E-state index contributed by atoms with van der Waals surface area (Å²) in [6.45, 7) is 8.82. The molecule has 3 heterocycles. The van der Waals surface area contributed by atoms with Gasteiger partial charge in [0.2, 0.25) is 0 Å². The van der Waals surface area contributed by atoms with Crippen LogP contribution in [-0.2, 0) is 0 Å². The number of carbonyl (C=O) groups is 1. The summed E-state index contributed by atoms with van der Waals surface area (Å²) in [5.41, 5.74) is 4.31. The van der Waals surface area contributed by atoms with Gasteiger partial charge in [-0.3, -0.25) is 9.69 Å². The Hall–Kier alpha value is -2.73. The number of carbonyl (C=O) groups excluding carboxylic acids is 1. The van der Waals surface area contributed by atoms with Crippen LogP contribution in [0, 0.1) is 0 Å². The third-order valence-electron chi connectivity index (χ3n) is 5.08. The van der Waals surface area contributed by atoms with Crippen LogP contribution in [0.4, 0.5) is 5.69 Å². The van der Waals surface area contributed by atoms with E-state index in [0.29, 0.717) is 11.7 Å². The van der Waals surface area contributed by atoms with Gasteiger partial charge >= 0.3 is 0 Å². The van der Waals surface area contributed by atoms with Crippen molar-refractivity contribution in [3.05, 3.63) is 48.3 Å². The highest BCUT2D eigenvalue weighted by molar-refractivity contribution is 5.73. The molecular formula is C20H23N5O.